The molecule has 1 aromatic rings. The van der Waals surface area contributed by atoms with Gasteiger partial charge in [0.25, 0.3) is 0 Å². The van der Waals surface area contributed by atoms with E-state index >= 15 is 0 Å². The number of hydrogen-bond donors (Lipinski definition) is 1. The van der Waals surface area contributed by atoms with Crippen molar-refractivity contribution in [2.45, 2.75) is 85.3 Å². The molecule has 3 atom stereocenters. The lowest BCUT2D eigenvalue weighted by Gasteiger charge is -2.18. The zero-order chi connectivity index (χ0) is 25.7. The predicted molar refractivity (Wildman–Crippen MR) is 125 cm³/mol. The molecule has 0 bridgehead atoms. The molecule has 1 aromatic carbocycles. The molecule has 9 heteroatoms. The number of rotatable bonds is 14. The molecule has 0 aromatic heterocycles. The van der Waals surface area contributed by atoms with Crippen molar-refractivity contribution >= 4 is 23.9 Å². The van der Waals surface area contributed by atoms with Crippen LogP contribution in [-0.2, 0) is 35.1 Å². The van der Waals surface area contributed by atoms with Crippen LogP contribution in [0.1, 0.15) is 72.3 Å². The second kappa shape index (κ2) is 15.1. The van der Waals surface area contributed by atoms with E-state index in [-0.39, 0.29) is 49.3 Å². The van der Waals surface area contributed by atoms with Crippen LogP contribution in [0.4, 0.5) is 0 Å². The molecule has 0 aliphatic rings. The van der Waals surface area contributed by atoms with Gasteiger partial charge in [0, 0.05) is 12.8 Å². The lowest BCUT2D eigenvalue weighted by molar-refractivity contribution is -0.161. The van der Waals surface area contributed by atoms with Crippen LogP contribution in [-0.4, -0.2) is 42.6 Å². The Hall–Kier alpha value is -2.94. The monoisotopic (exact) mass is 479 g/mol. The van der Waals surface area contributed by atoms with Crippen LogP contribution < -0.4 is 15.2 Å². The first-order chi connectivity index (χ1) is 16.1. The van der Waals surface area contributed by atoms with Gasteiger partial charge in [-0.15, -0.1) is 0 Å². The van der Waals surface area contributed by atoms with Gasteiger partial charge >= 0.3 is 23.9 Å². The third kappa shape index (κ3) is 10.3. The normalized spacial score (nSPS) is 13.4. The molecule has 2 N–H and O–H groups in total. The SMILES string of the molecule is CCCC(=O)Oc1ccc(C[C@H](N)C(=O)OC[C@H](C)OC(=O)C(C)CC)cc1OC(=O)CCC. The highest BCUT2D eigenvalue weighted by atomic mass is 16.6. The van der Waals surface area contributed by atoms with Gasteiger partial charge in [-0.2, -0.15) is 0 Å². The molecule has 0 heterocycles. The molecule has 9 nitrogen and oxygen atoms in total. The molecular formula is C25H37NO8. The van der Waals surface area contributed by atoms with E-state index in [1.165, 1.54) is 12.1 Å². The average molecular weight is 480 g/mol. The van der Waals surface area contributed by atoms with Crippen molar-refractivity contribution in [3.05, 3.63) is 23.8 Å². The van der Waals surface area contributed by atoms with Crippen molar-refractivity contribution < 1.29 is 38.1 Å². The van der Waals surface area contributed by atoms with Gasteiger partial charge in [-0.3, -0.25) is 19.2 Å². The third-order valence-electron chi connectivity index (χ3n) is 4.91. The summed E-state index contributed by atoms with van der Waals surface area (Å²) in [6, 6.07) is 3.66. The fraction of sp³-hybridized carbons (Fsp3) is 0.600. The molecule has 1 unspecified atom stereocenters. The van der Waals surface area contributed by atoms with Crippen molar-refractivity contribution in [1.82, 2.24) is 0 Å². The van der Waals surface area contributed by atoms with Gasteiger partial charge in [-0.05, 0) is 50.3 Å². The summed E-state index contributed by atoms with van der Waals surface area (Å²) in [4.78, 5) is 48.1. The summed E-state index contributed by atoms with van der Waals surface area (Å²) in [5, 5.41) is 0. The largest absolute Gasteiger partial charge is 0.461 e. The summed E-state index contributed by atoms with van der Waals surface area (Å²) in [5.74, 6) is -1.92. The van der Waals surface area contributed by atoms with Crippen LogP contribution >= 0.6 is 0 Å². The first-order valence-electron chi connectivity index (χ1n) is 11.8. The fourth-order valence-corrected chi connectivity index (χ4v) is 2.76. The molecule has 0 aliphatic heterocycles. The van der Waals surface area contributed by atoms with E-state index in [0.29, 0.717) is 24.8 Å². The molecule has 0 fully saturated rings. The summed E-state index contributed by atoms with van der Waals surface area (Å²) < 4.78 is 21.1. The minimum Gasteiger partial charge on any atom is -0.461 e. The van der Waals surface area contributed by atoms with E-state index in [9.17, 15) is 19.2 Å². The number of carbonyl (C=O) groups excluding carboxylic acids is 4. The van der Waals surface area contributed by atoms with Gasteiger partial charge in [-0.25, -0.2) is 0 Å². The zero-order valence-electron chi connectivity index (χ0n) is 20.8. The van der Waals surface area contributed by atoms with Crippen molar-refractivity contribution in [1.29, 1.82) is 0 Å². The Morgan fingerprint density at radius 3 is 2.03 bits per heavy atom. The average Bonchev–Trinajstić information content (AvgIpc) is 2.78. The lowest BCUT2D eigenvalue weighted by Crippen LogP contribution is -2.36. The van der Waals surface area contributed by atoms with E-state index < -0.39 is 30.1 Å². The molecule has 1 rings (SSSR count). The van der Waals surface area contributed by atoms with E-state index in [1.807, 2.05) is 20.8 Å². The van der Waals surface area contributed by atoms with E-state index in [0.717, 1.165) is 0 Å². The van der Waals surface area contributed by atoms with Gasteiger partial charge in [0.15, 0.2) is 11.5 Å². The molecule has 0 saturated heterocycles. The number of carbonyl (C=O) groups is 4. The van der Waals surface area contributed by atoms with Crippen molar-refractivity contribution in [2.75, 3.05) is 6.61 Å². The Morgan fingerprint density at radius 1 is 0.882 bits per heavy atom. The van der Waals surface area contributed by atoms with E-state index in [1.54, 1.807) is 19.9 Å². The highest BCUT2D eigenvalue weighted by Gasteiger charge is 2.21. The maximum atomic E-state index is 12.3. The molecule has 34 heavy (non-hydrogen) atoms. The number of nitrogens with two attached hydrogens (primary N) is 1. The fourth-order valence-electron chi connectivity index (χ4n) is 2.76. The predicted octanol–water partition coefficient (Wildman–Crippen LogP) is 3.49. The Kier molecular flexibility index (Phi) is 12.9. The number of hydrogen-bond acceptors (Lipinski definition) is 9. The van der Waals surface area contributed by atoms with Crippen LogP contribution in [0.25, 0.3) is 0 Å². The zero-order valence-corrected chi connectivity index (χ0v) is 20.8. The van der Waals surface area contributed by atoms with Gasteiger partial charge in [-0.1, -0.05) is 33.8 Å². The summed E-state index contributed by atoms with van der Waals surface area (Å²) >= 11 is 0. The Bertz CT molecular complexity index is 838. The van der Waals surface area contributed by atoms with Gasteiger partial charge in [0.05, 0.1) is 5.92 Å². The van der Waals surface area contributed by atoms with Crippen molar-refractivity contribution in [2.24, 2.45) is 11.7 Å². The van der Waals surface area contributed by atoms with E-state index in [4.69, 9.17) is 24.7 Å². The standard InChI is InChI=1S/C25H37NO8/c1-6-9-22(27)33-20-12-11-18(14-21(20)34-23(28)10-7-2)13-19(26)25(30)31-15-17(5)32-24(29)16(4)8-3/h11-12,14,16-17,19H,6-10,13,15,26H2,1-5H3/t16?,17-,19-/m0/s1. The number of benzene rings is 1. The minimum absolute atomic E-state index is 0.0894. The van der Waals surface area contributed by atoms with Gasteiger partial charge in [0.1, 0.15) is 18.8 Å². The van der Waals surface area contributed by atoms with Crippen LogP contribution in [0, 0.1) is 5.92 Å². The number of esters is 4. The summed E-state index contributed by atoms with van der Waals surface area (Å²) in [6.07, 6.45) is 1.81. The Labute approximate surface area is 201 Å². The Morgan fingerprint density at radius 2 is 1.47 bits per heavy atom. The van der Waals surface area contributed by atoms with Crippen LogP contribution in [0.5, 0.6) is 11.5 Å². The van der Waals surface area contributed by atoms with E-state index in [2.05, 4.69) is 0 Å². The summed E-state index contributed by atoms with van der Waals surface area (Å²) in [7, 11) is 0. The van der Waals surface area contributed by atoms with Crippen molar-refractivity contribution in [3.8, 4) is 11.5 Å². The molecule has 0 saturated carbocycles. The molecule has 0 aliphatic carbocycles. The number of ether oxygens (including phenoxy) is 4. The third-order valence-corrected chi connectivity index (χ3v) is 4.91. The second-order valence-electron chi connectivity index (χ2n) is 8.23. The van der Waals surface area contributed by atoms with Crippen molar-refractivity contribution in [3.63, 3.8) is 0 Å². The highest BCUT2D eigenvalue weighted by molar-refractivity contribution is 5.77. The van der Waals surface area contributed by atoms with Crippen LogP contribution in [0.3, 0.4) is 0 Å². The molecule has 190 valence electrons. The van der Waals surface area contributed by atoms with Crippen LogP contribution in [0.15, 0.2) is 18.2 Å². The maximum absolute atomic E-state index is 12.3. The second-order valence-corrected chi connectivity index (χ2v) is 8.23. The van der Waals surface area contributed by atoms with Gasteiger partial charge < -0.3 is 24.7 Å². The lowest BCUT2D eigenvalue weighted by atomic mass is 10.1. The maximum Gasteiger partial charge on any atom is 0.323 e. The minimum atomic E-state index is -0.995. The first kappa shape index (κ1) is 29.1. The quantitative estimate of drug-likeness (QED) is 0.314. The Balaban J connectivity index is 2.79. The first-order valence-corrected chi connectivity index (χ1v) is 11.8. The molecule has 0 radical (unpaired) electrons. The molecule has 0 spiro atoms. The molecular weight excluding hydrogens is 442 g/mol. The highest BCUT2D eigenvalue weighted by Crippen LogP contribution is 2.30. The molecule has 0 amide bonds. The smallest absolute Gasteiger partial charge is 0.323 e. The van der Waals surface area contributed by atoms with Gasteiger partial charge in [0.2, 0.25) is 0 Å². The topological polar surface area (TPSA) is 131 Å². The van der Waals surface area contributed by atoms with Crippen LogP contribution in [0.2, 0.25) is 0 Å². The summed E-state index contributed by atoms with van der Waals surface area (Å²) in [5.41, 5.74) is 6.58. The summed E-state index contributed by atoms with van der Waals surface area (Å²) in [6.45, 7) is 8.87.